The van der Waals surface area contributed by atoms with Crippen LogP contribution in [0.1, 0.15) is 10.5 Å². The van der Waals surface area contributed by atoms with Gasteiger partial charge in [0.15, 0.2) is 0 Å². The lowest BCUT2D eigenvalue weighted by Crippen LogP contribution is -2.13. The lowest BCUT2D eigenvalue weighted by Gasteiger charge is -2.10. The van der Waals surface area contributed by atoms with Crippen LogP contribution in [0.15, 0.2) is 29.9 Å². The molecule has 0 aliphatic rings. The van der Waals surface area contributed by atoms with Gasteiger partial charge in [0, 0.05) is 6.07 Å². The van der Waals surface area contributed by atoms with Gasteiger partial charge in [-0.2, -0.15) is 5.10 Å². The van der Waals surface area contributed by atoms with Crippen LogP contribution in [0.2, 0.25) is 0 Å². The molecule has 2 aromatic heterocycles. The molecule has 2 heterocycles. The quantitative estimate of drug-likeness (QED) is 0.798. The van der Waals surface area contributed by atoms with Crippen LogP contribution >= 0.6 is 11.3 Å². The number of carbonyl (C=O) groups is 1. The zero-order valence-corrected chi connectivity index (χ0v) is 12.2. The van der Waals surface area contributed by atoms with E-state index < -0.39 is 0 Å². The van der Waals surface area contributed by atoms with Crippen LogP contribution in [0.3, 0.4) is 0 Å². The maximum absolute atomic E-state index is 12.2. The van der Waals surface area contributed by atoms with Crippen LogP contribution < -0.4 is 14.8 Å². The number of rotatable bonds is 4. The number of ether oxygens (including phenoxy) is 2. The van der Waals surface area contributed by atoms with Crippen LogP contribution in [0.4, 0.5) is 5.69 Å². The SMILES string of the molecule is COc1ccc(OC)c(NC(=O)c2cn3ncsc3n2)c1. The van der Waals surface area contributed by atoms with E-state index in [0.717, 1.165) is 0 Å². The van der Waals surface area contributed by atoms with Crippen LogP contribution in [0.5, 0.6) is 11.5 Å². The van der Waals surface area contributed by atoms with Gasteiger partial charge in [0.05, 0.1) is 26.1 Å². The molecule has 0 bridgehead atoms. The highest BCUT2D eigenvalue weighted by molar-refractivity contribution is 7.14. The highest BCUT2D eigenvalue weighted by Crippen LogP contribution is 2.29. The number of nitrogens with one attached hydrogen (secondary N) is 1. The third-order valence-electron chi connectivity index (χ3n) is 2.87. The van der Waals surface area contributed by atoms with Crippen LogP contribution in [0.25, 0.3) is 4.96 Å². The van der Waals surface area contributed by atoms with Gasteiger partial charge in [-0.15, -0.1) is 0 Å². The van der Waals surface area contributed by atoms with E-state index >= 15 is 0 Å². The number of methoxy groups -OCH3 is 2. The fourth-order valence-electron chi connectivity index (χ4n) is 1.85. The Morgan fingerprint density at radius 2 is 2.19 bits per heavy atom. The Morgan fingerprint density at radius 3 is 2.90 bits per heavy atom. The smallest absolute Gasteiger partial charge is 0.276 e. The molecule has 1 N–H and O–H groups in total. The van der Waals surface area contributed by atoms with Gasteiger partial charge in [0.2, 0.25) is 4.96 Å². The van der Waals surface area contributed by atoms with Crippen molar-refractivity contribution in [1.29, 1.82) is 0 Å². The van der Waals surface area contributed by atoms with Crippen molar-refractivity contribution in [3.63, 3.8) is 0 Å². The van der Waals surface area contributed by atoms with Crippen molar-refractivity contribution in [2.24, 2.45) is 0 Å². The molecule has 0 saturated carbocycles. The Hall–Kier alpha value is -2.61. The Labute approximate surface area is 124 Å². The summed E-state index contributed by atoms with van der Waals surface area (Å²) in [6.07, 6.45) is 1.58. The molecule has 0 unspecified atom stereocenters. The van der Waals surface area contributed by atoms with Crippen molar-refractivity contribution in [2.75, 3.05) is 19.5 Å². The average Bonchev–Trinajstić information content (AvgIpc) is 3.08. The number of hydrogen-bond donors (Lipinski definition) is 1. The molecule has 0 fully saturated rings. The molecule has 0 aliphatic carbocycles. The summed E-state index contributed by atoms with van der Waals surface area (Å²) in [4.78, 5) is 17.1. The lowest BCUT2D eigenvalue weighted by molar-refractivity contribution is 0.102. The minimum absolute atomic E-state index is 0.291. The van der Waals surface area contributed by atoms with Crippen molar-refractivity contribution in [3.05, 3.63) is 35.6 Å². The number of imidazole rings is 1. The summed E-state index contributed by atoms with van der Waals surface area (Å²) in [5.41, 5.74) is 2.47. The first-order valence-corrected chi connectivity index (χ1v) is 6.91. The van der Waals surface area contributed by atoms with E-state index in [0.29, 0.717) is 27.8 Å². The van der Waals surface area contributed by atoms with Gasteiger partial charge in [-0.1, -0.05) is 11.3 Å². The maximum atomic E-state index is 12.2. The van der Waals surface area contributed by atoms with E-state index in [4.69, 9.17) is 9.47 Å². The Kier molecular flexibility index (Phi) is 3.44. The molecule has 0 radical (unpaired) electrons. The fraction of sp³-hybridized carbons (Fsp3) is 0.154. The summed E-state index contributed by atoms with van der Waals surface area (Å²) in [6, 6.07) is 5.17. The number of nitrogens with zero attached hydrogens (tertiary/aromatic N) is 3. The molecule has 7 nitrogen and oxygen atoms in total. The van der Waals surface area contributed by atoms with E-state index in [-0.39, 0.29) is 5.91 Å². The van der Waals surface area contributed by atoms with Gasteiger partial charge in [-0.25, -0.2) is 9.50 Å². The molecule has 0 spiro atoms. The molecule has 1 amide bonds. The lowest BCUT2D eigenvalue weighted by atomic mass is 10.2. The van der Waals surface area contributed by atoms with Gasteiger partial charge in [-0.05, 0) is 12.1 Å². The zero-order chi connectivity index (χ0) is 14.8. The van der Waals surface area contributed by atoms with Gasteiger partial charge >= 0.3 is 0 Å². The first-order valence-electron chi connectivity index (χ1n) is 6.03. The molecule has 8 heteroatoms. The predicted molar refractivity (Wildman–Crippen MR) is 78.4 cm³/mol. The van der Waals surface area contributed by atoms with Crippen molar-refractivity contribution >= 4 is 27.9 Å². The largest absolute Gasteiger partial charge is 0.497 e. The Morgan fingerprint density at radius 1 is 1.33 bits per heavy atom. The Balaban J connectivity index is 1.88. The molecule has 0 atom stereocenters. The summed E-state index contributed by atoms with van der Waals surface area (Å²) in [5, 5.41) is 6.80. The fourth-order valence-corrected chi connectivity index (χ4v) is 2.45. The van der Waals surface area contributed by atoms with E-state index in [1.807, 2.05) is 0 Å². The van der Waals surface area contributed by atoms with E-state index in [9.17, 15) is 4.79 Å². The number of carbonyl (C=O) groups excluding carboxylic acids is 1. The van der Waals surface area contributed by atoms with E-state index in [1.165, 1.54) is 18.4 Å². The standard InChI is InChI=1S/C13H12N4O3S/c1-19-8-3-4-11(20-2)9(5-8)15-12(18)10-6-17-13(16-10)21-7-14-17/h3-7H,1-2H3,(H,15,18). The summed E-state index contributed by atoms with van der Waals surface area (Å²) in [7, 11) is 3.09. The monoisotopic (exact) mass is 304 g/mol. The van der Waals surface area contributed by atoms with Gasteiger partial charge in [0.25, 0.3) is 5.91 Å². The summed E-state index contributed by atoms with van der Waals surface area (Å²) in [5.74, 6) is 0.834. The summed E-state index contributed by atoms with van der Waals surface area (Å²) >= 11 is 1.36. The second-order valence-corrected chi connectivity index (χ2v) is 4.92. The molecule has 21 heavy (non-hydrogen) atoms. The minimum atomic E-state index is -0.334. The third-order valence-corrected chi connectivity index (χ3v) is 3.56. The maximum Gasteiger partial charge on any atom is 0.276 e. The molecule has 108 valence electrons. The van der Waals surface area contributed by atoms with Crippen molar-refractivity contribution in [2.45, 2.75) is 0 Å². The molecule has 3 rings (SSSR count). The van der Waals surface area contributed by atoms with Gasteiger partial charge in [-0.3, -0.25) is 4.79 Å². The first-order chi connectivity index (χ1) is 10.2. The normalized spacial score (nSPS) is 10.6. The van der Waals surface area contributed by atoms with Crippen LogP contribution in [-0.4, -0.2) is 34.7 Å². The molecule has 0 aliphatic heterocycles. The summed E-state index contributed by atoms with van der Waals surface area (Å²) in [6.45, 7) is 0. The number of fused-ring (bicyclic) bond motifs is 1. The van der Waals surface area contributed by atoms with Crippen LogP contribution in [0, 0.1) is 0 Å². The molecule has 0 saturated heterocycles. The van der Waals surface area contributed by atoms with Crippen LogP contribution in [-0.2, 0) is 0 Å². The second kappa shape index (κ2) is 5.41. The molecular weight excluding hydrogens is 292 g/mol. The van der Waals surface area contributed by atoms with Gasteiger partial charge < -0.3 is 14.8 Å². The predicted octanol–water partition coefficient (Wildman–Crippen LogP) is 2.06. The number of hydrogen-bond acceptors (Lipinski definition) is 6. The highest BCUT2D eigenvalue weighted by atomic mass is 32.1. The molecule has 1 aromatic carbocycles. The molecular formula is C13H12N4O3S. The second-order valence-electron chi connectivity index (χ2n) is 4.11. The third kappa shape index (κ3) is 2.52. The average molecular weight is 304 g/mol. The number of anilines is 1. The number of aromatic nitrogens is 3. The number of amides is 1. The van der Waals surface area contributed by atoms with E-state index in [2.05, 4.69) is 15.4 Å². The summed E-state index contributed by atoms with van der Waals surface area (Å²) < 4.78 is 11.9. The minimum Gasteiger partial charge on any atom is -0.497 e. The topological polar surface area (TPSA) is 77.8 Å². The number of benzene rings is 1. The van der Waals surface area contributed by atoms with Crippen molar-refractivity contribution < 1.29 is 14.3 Å². The highest BCUT2D eigenvalue weighted by Gasteiger charge is 2.15. The molecule has 3 aromatic rings. The van der Waals surface area contributed by atoms with Crippen molar-refractivity contribution in [1.82, 2.24) is 14.6 Å². The van der Waals surface area contributed by atoms with E-state index in [1.54, 1.807) is 41.5 Å². The Bertz CT molecular complexity index is 767. The van der Waals surface area contributed by atoms with Crippen molar-refractivity contribution in [3.8, 4) is 11.5 Å². The zero-order valence-electron chi connectivity index (χ0n) is 11.4. The first kappa shape index (κ1) is 13.4. The van der Waals surface area contributed by atoms with Gasteiger partial charge in [0.1, 0.15) is 22.7 Å².